The van der Waals surface area contributed by atoms with E-state index in [0.717, 1.165) is 32.3 Å². The fourth-order valence-electron chi connectivity index (χ4n) is 3.65. The number of fused-ring (bicyclic) bond motifs is 1. The summed E-state index contributed by atoms with van der Waals surface area (Å²) in [6.45, 7) is 6.19. The molecule has 2 fully saturated rings. The van der Waals surface area contributed by atoms with Crippen molar-refractivity contribution in [3.63, 3.8) is 0 Å². The van der Waals surface area contributed by atoms with E-state index in [9.17, 15) is 4.79 Å². The van der Waals surface area contributed by atoms with E-state index in [1.807, 2.05) is 13.8 Å². The maximum atomic E-state index is 12.5. The molecule has 1 aliphatic heterocycles. The normalized spacial score (nSPS) is 36.2. The zero-order chi connectivity index (χ0) is 14.1. The van der Waals surface area contributed by atoms with Crippen LogP contribution in [0.4, 0.5) is 0 Å². The monoisotopic (exact) mass is 269 g/mol. The van der Waals surface area contributed by atoms with Gasteiger partial charge in [-0.15, -0.1) is 0 Å². The summed E-state index contributed by atoms with van der Waals surface area (Å²) in [7, 11) is 0. The highest BCUT2D eigenvalue weighted by Crippen LogP contribution is 2.57. The van der Waals surface area contributed by atoms with E-state index in [2.05, 4.69) is 5.32 Å². The predicted molar refractivity (Wildman–Crippen MR) is 74.5 cm³/mol. The smallest absolute Gasteiger partial charge is 0.241 e. The maximum Gasteiger partial charge on any atom is 0.241 e. The number of hydrogen-bond donors (Lipinski definition) is 3. The Kier molecular flexibility index (Phi) is 4.18. The van der Waals surface area contributed by atoms with Crippen molar-refractivity contribution in [2.75, 3.05) is 19.7 Å². The molecule has 5 N–H and O–H groups in total. The predicted octanol–water partition coefficient (Wildman–Crippen LogP) is 0.374. The second-order valence-corrected chi connectivity index (χ2v) is 6.38. The van der Waals surface area contributed by atoms with Crippen LogP contribution in [-0.2, 0) is 9.53 Å². The highest BCUT2D eigenvalue weighted by atomic mass is 16.5. The third-order valence-electron chi connectivity index (χ3n) is 4.98. The number of hydrogen-bond acceptors (Lipinski definition) is 4. The fourth-order valence-corrected chi connectivity index (χ4v) is 3.65. The lowest BCUT2D eigenvalue weighted by Gasteiger charge is -2.65. The second kappa shape index (κ2) is 5.38. The van der Waals surface area contributed by atoms with Crippen LogP contribution in [0, 0.1) is 11.3 Å². The SMILES string of the molecule is CC1(C)C2OCCCC2C1(N)C(=O)NCCCCN. The molecule has 0 aromatic rings. The first-order valence-corrected chi connectivity index (χ1v) is 7.35. The molecule has 19 heavy (non-hydrogen) atoms. The molecule has 3 unspecified atom stereocenters. The van der Waals surface area contributed by atoms with Gasteiger partial charge in [-0.3, -0.25) is 4.79 Å². The number of nitrogens with one attached hydrogen (secondary N) is 1. The number of carbonyl (C=O) groups is 1. The van der Waals surface area contributed by atoms with Gasteiger partial charge in [0.05, 0.1) is 6.10 Å². The van der Waals surface area contributed by atoms with Gasteiger partial charge in [0.25, 0.3) is 0 Å². The molecule has 1 amide bonds. The second-order valence-electron chi connectivity index (χ2n) is 6.38. The van der Waals surface area contributed by atoms with E-state index in [-0.39, 0.29) is 23.3 Å². The summed E-state index contributed by atoms with van der Waals surface area (Å²) in [5.74, 6) is 0.132. The van der Waals surface area contributed by atoms with Crippen LogP contribution in [0.1, 0.15) is 39.5 Å². The Hall–Kier alpha value is -0.650. The quantitative estimate of drug-likeness (QED) is 0.629. The number of nitrogens with two attached hydrogens (primary N) is 2. The summed E-state index contributed by atoms with van der Waals surface area (Å²) < 4.78 is 5.80. The van der Waals surface area contributed by atoms with Crippen LogP contribution in [0.3, 0.4) is 0 Å². The van der Waals surface area contributed by atoms with Crippen molar-refractivity contribution in [2.24, 2.45) is 22.8 Å². The average Bonchev–Trinajstić information content (AvgIpc) is 2.42. The van der Waals surface area contributed by atoms with Gasteiger partial charge in [0.15, 0.2) is 0 Å². The largest absolute Gasteiger partial charge is 0.377 e. The minimum atomic E-state index is -0.791. The molecule has 0 aromatic heterocycles. The van der Waals surface area contributed by atoms with Crippen molar-refractivity contribution in [1.29, 1.82) is 0 Å². The molecule has 3 atom stereocenters. The van der Waals surface area contributed by atoms with Gasteiger partial charge in [-0.25, -0.2) is 0 Å². The molecule has 0 spiro atoms. The van der Waals surface area contributed by atoms with Gasteiger partial charge in [-0.2, -0.15) is 0 Å². The van der Waals surface area contributed by atoms with Crippen LogP contribution in [-0.4, -0.2) is 37.2 Å². The van der Waals surface area contributed by atoms with E-state index >= 15 is 0 Å². The fraction of sp³-hybridized carbons (Fsp3) is 0.929. The van der Waals surface area contributed by atoms with Crippen molar-refractivity contribution in [3.8, 4) is 0 Å². The molecule has 5 heteroatoms. The molecule has 5 nitrogen and oxygen atoms in total. The molecule has 1 saturated heterocycles. The van der Waals surface area contributed by atoms with Gasteiger partial charge in [-0.05, 0) is 32.2 Å². The number of carbonyl (C=O) groups excluding carboxylic acids is 1. The summed E-state index contributed by atoms with van der Waals surface area (Å²) in [6.07, 6.45) is 3.94. The third-order valence-corrected chi connectivity index (χ3v) is 4.98. The summed E-state index contributed by atoms with van der Waals surface area (Å²) in [4.78, 5) is 12.5. The third kappa shape index (κ3) is 2.18. The number of amides is 1. The standard InChI is InChI=1S/C14H27N3O2/c1-13(2)11-10(6-5-9-19-11)14(13,16)12(18)17-8-4-3-7-15/h10-11H,3-9,15-16H2,1-2H3,(H,17,18). The van der Waals surface area contributed by atoms with Gasteiger partial charge < -0.3 is 21.5 Å². The summed E-state index contributed by atoms with van der Waals surface area (Å²) in [5.41, 5.74) is 10.8. The molecular weight excluding hydrogens is 242 g/mol. The van der Waals surface area contributed by atoms with Crippen LogP contribution in [0.25, 0.3) is 0 Å². The Labute approximate surface area is 115 Å². The van der Waals surface area contributed by atoms with Gasteiger partial charge in [0, 0.05) is 24.5 Å². The maximum absolute atomic E-state index is 12.5. The number of ether oxygens (including phenoxy) is 1. The Morgan fingerprint density at radius 1 is 1.42 bits per heavy atom. The van der Waals surface area contributed by atoms with Crippen LogP contribution >= 0.6 is 0 Å². The van der Waals surface area contributed by atoms with E-state index in [4.69, 9.17) is 16.2 Å². The molecule has 0 bridgehead atoms. The molecule has 2 aliphatic rings. The molecule has 0 aromatic carbocycles. The number of rotatable bonds is 5. The molecule has 0 radical (unpaired) electrons. The first-order valence-electron chi connectivity index (χ1n) is 7.35. The summed E-state index contributed by atoms with van der Waals surface area (Å²) in [5, 5.41) is 2.97. The van der Waals surface area contributed by atoms with Crippen LogP contribution < -0.4 is 16.8 Å². The molecule has 2 rings (SSSR count). The van der Waals surface area contributed by atoms with E-state index in [1.165, 1.54) is 0 Å². The number of unbranched alkanes of at least 4 members (excludes halogenated alkanes) is 1. The Morgan fingerprint density at radius 3 is 2.84 bits per heavy atom. The highest BCUT2D eigenvalue weighted by molar-refractivity contribution is 5.89. The minimum Gasteiger partial charge on any atom is -0.377 e. The summed E-state index contributed by atoms with van der Waals surface area (Å²) in [6, 6.07) is 0. The average molecular weight is 269 g/mol. The lowest BCUT2D eigenvalue weighted by Crippen LogP contribution is -2.82. The van der Waals surface area contributed by atoms with Crippen molar-refractivity contribution in [2.45, 2.75) is 51.2 Å². The van der Waals surface area contributed by atoms with E-state index in [0.29, 0.717) is 13.1 Å². The molecule has 1 aliphatic carbocycles. The topological polar surface area (TPSA) is 90.4 Å². The summed E-state index contributed by atoms with van der Waals surface area (Å²) >= 11 is 0. The van der Waals surface area contributed by atoms with Crippen molar-refractivity contribution in [3.05, 3.63) is 0 Å². The van der Waals surface area contributed by atoms with E-state index < -0.39 is 5.54 Å². The zero-order valence-electron chi connectivity index (χ0n) is 12.1. The van der Waals surface area contributed by atoms with Gasteiger partial charge >= 0.3 is 0 Å². The van der Waals surface area contributed by atoms with E-state index in [1.54, 1.807) is 0 Å². The van der Waals surface area contributed by atoms with Gasteiger partial charge in [0.1, 0.15) is 5.54 Å². The van der Waals surface area contributed by atoms with Gasteiger partial charge in [0.2, 0.25) is 5.91 Å². The van der Waals surface area contributed by atoms with Gasteiger partial charge in [-0.1, -0.05) is 13.8 Å². The van der Waals surface area contributed by atoms with Crippen LogP contribution in [0.5, 0.6) is 0 Å². The lowest BCUT2D eigenvalue weighted by molar-refractivity contribution is -0.225. The Bertz CT molecular complexity index is 346. The lowest BCUT2D eigenvalue weighted by atomic mass is 9.46. The zero-order valence-corrected chi connectivity index (χ0v) is 12.1. The minimum absolute atomic E-state index is 0.0266. The molecule has 110 valence electrons. The van der Waals surface area contributed by atoms with Crippen molar-refractivity contribution in [1.82, 2.24) is 5.32 Å². The highest BCUT2D eigenvalue weighted by Gasteiger charge is 2.70. The van der Waals surface area contributed by atoms with Crippen molar-refractivity contribution >= 4 is 5.91 Å². The Morgan fingerprint density at radius 2 is 2.16 bits per heavy atom. The Balaban J connectivity index is 1.98. The van der Waals surface area contributed by atoms with Crippen LogP contribution in [0.15, 0.2) is 0 Å². The van der Waals surface area contributed by atoms with Crippen molar-refractivity contribution < 1.29 is 9.53 Å². The first kappa shape index (κ1) is 14.8. The molecule has 1 heterocycles. The van der Waals surface area contributed by atoms with Crippen LogP contribution in [0.2, 0.25) is 0 Å². The molecule has 1 saturated carbocycles. The molecular formula is C14H27N3O2. The first-order chi connectivity index (χ1) is 8.96.